The summed E-state index contributed by atoms with van der Waals surface area (Å²) in [5, 5.41) is 0. The molecule has 2 aliphatic heterocycles. The number of carbonyl (C=O) groups is 1. The van der Waals surface area contributed by atoms with Crippen LogP contribution in [0.15, 0.2) is 48.8 Å². The molecule has 7 nitrogen and oxygen atoms in total. The molecule has 3 aromatic rings. The van der Waals surface area contributed by atoms with E-state index in [9.17, 15) is 4.79 Å². The van der Waals surface area contributed by atoms with Crippen LogP contribution in [0, 0.1) is 6.92 Å². The van der Waals surface area contributed by atoms with Gasteiger partial charge >= 0.3 is 0 Å². The summed E-state index contributed by atoms with van der Waals surface area (Å²) < 4.78 is 0. The highest BCUT2D eigenvalue weighted by atomic mass is 16.2. The number of nitrogens with zero attached hydrogens (tertiary/aromatic N) is 6. The Hall–Kier alpha value is -3.35. The Kier molecular flexibility index (Phi) is 6.28. The highest BCUT2D eigenvalue weighted by Gasteiger charge is 2.29. The lowest BCUT2D eigenvalue weighted by Crippen LogP contribution is -2.39. The fraction of sp³-hybridized carbons (Fsp3) is 0.423. The summed E-state index contributed by atoms with van der Waals surface area (Å²) in [6.45, 7) is 5.35. The van der Waals surface area contributed by atoms with Crippen LogP contribution >= 0.6 is 0 Å². The first-order valence-corrected chi connectivity index (χ1v) is 11.9. The fourth-order valence-electron chi connectivity index (χ4n) is 4.89. The van der Waals surface area contributed by atoms with Crippen molar-refractivity contribution in [2.45, 2.75) is 51.5 Å². The summed E-state index contributed by atoms with van der Waals surface area (Å²) in [4.78, 5) is 35.8. The van der Waals surface area contributed by atoms with Crippen LogP contribution in [0.3, 0.4) is 0 Å². The molecule has 3 aromatic heterocycles. The number of aryl methyl sites for hydroxylation is 1. The largest absolute Gasteiger partial charge is 0.350 e. The van der Waals surface area contributed by atoms with E-state index in [1.807, 2.05) is 41.4 Å². The molecule has 2 aliphatic rings. The molecular weight excluding hydrogens is 412 g/mol. The predicted octanol–water partition coefficient (Wildman–Crippen LogP) is 3.48. The number of rotatable bonds is 5. The van der Waals surface area contributed by atoms with Gasteiger partial charge in [-0.15, -0.1) is 0 Å². The Labute approximate surface area is 194 Å². The van der Waals surface area contributed by atoms with Gasteiger partial charge in [-0.1, -0.05) is 12.1 Å². The van der Waals surface area contributed by atoms with Crippen molar-refractivity contribution < 1.29 is 4.79 Å². The van der Waals surface area contributed by atoms with E-state index in [1.165, 1.54) is 5.56 Å². The van der Waals surface area contributed by atoms with Gasteiger partial charge in [0.2, 0.25) is 5.91 Å². The molecule has 170 valence electrons. The van der Waals surface area contributed by atoms with Crippen molar-refractivity contribution in [2.24, 2.45) is 0 Å². The summed E-state index contributed by atoms with van der Waals surface area (Å²) in [6.07, 6.45) is 7.88. The number of hydrogen-bond acceptors (Lipinski definition) is 6. The zero-order valence-corrected chi connectivity index (χ0v) is 19.2. The average Bonchev–Trinajstić information content (AvgIpc) is 2.86. The topological polar surface area (TPSA) is 75.1 Å². The predicted molar refractivity (Wildman–Crippen MR) is 127 cm³/mol. The minimum atomic E-state index is 0.149. The van der Waals surface area contributed by atoms with Crippen molar-refractivity contribution in [3.8, 4) is 0 Å². The first kappa shape index (κ1) is 21.5. The van der Waals surface area contributed by atoms with Gasteiger partial charge in [-0.25, -0.2) is 9.97 Å². The number of piperidine rings is 1. The monoisotopic (exact) mass is 442 g/mol. The van der Waals surface area contributed by atoms with Gasteiger partial charge in [0.25, 0.3) is 0 Å². The Morgan fingerprint density at radius 1 is 0.970 bits per heavy atom. The van der Waals surface area contributed by atoms with Gasteiger partial charge in [-0.05, 0) is 56.9 Å². The van der Waals surface area contributed by atoms with Crippen LogP contribution in [0.5, 0.6) is 0 Å². The van der Waals surface area contributed by atoms with Gasteiger partial charge in [0, 0.05) is 54.9 Å². The summed E-state index contributed by atoms with van der Waals surface area (Å²) in [7, 11) is 0. The second-order valence-corrected chi connectivity index (χ2v) is 8.97. The Bertz CT molecular complexity index is 1100. The molecule has 0 saturated carbocycles. The number of anilines is 1. The molecule has 0 unspecified atom stereocenters. The third-order valence-corrected chi connectivity index (χ3v) is 6.71. The van der Waals surface area contributed by atoms with Crippen molar-refractivity contribution in [1.29, 1.82) is 0 Å². The van der Waals surface area contributed by atoms with Gasteiger partial charge in [-0.3, -0.25) is 14.8 Å². The molecule has 1 fully saturated rings. The van der Waals surface area contributed by atoms with Gasteiger partial charge in [0.1, 0.15) is 11.6 Å². The quantitative estimate of drug-likeness (QED) is 0.602. The van der Waals surface area contributed by atoms with E-state index in [1.54, 1.807) is 6.20 Å². The minimum absolute atomic E-state index is 0.149. The lowest BCUT2D eigenvalue weighted by atomic mass is 9.94. The van der Waals surface area contributed by atoms with E-state index in [4.69, 9.17) is 9.97 Å². The maximum Gasteiger partial charge on any atom is 0.228 e. The number of pyridine rings is 2. The molecule has 33 heavy (non-hydrogen) atoms. The smallest absolute Gasteiger partial charge is 0.228 e. The third kappa shape index (κ3) is 4.87. The van der Waals surface area contributed by atoms with Crippen molar-refractivity contribution in [1.82, 2.24) is 24.8 Å². The van der Waals surface area contributed by atoms with E-state index in [0.29, 0.717) is 6.42 Å². The number of likely N-dealkylation sites (tertiary alicyclic amines) is 1. The molecule has 0 aliphatic carbocycles. The molecule has 0 spiro atoms. The molecule has 7 heteroatoms. The van der Waals surface area contributed by atoms with Crippen molar-refractivity contribution in [2.75, 3.05) is 24.5 Å². The maximum absolute atomic E-state index is 12.7. The lowest BCUT2D eigenvalue weighted by Gasteiger charge is -2.34. The standard InChI is InChI=1S/C26H30N6O/c1-19-23-9-6-14-32(18-22-8-3-5-13-28-22)26(23)30-25(29-19)20-10-15-31(16-11-20)24(33)17-21-7-2-4-12-27-21/h2-5,7-8,12-13,20H,6,9-11,14-18H2,1H3. The van der Waals surface area contributed by atoms with Crippen molar-refractivity contribution in [3.05, 3.63) is 77.3 Å². The zero-order valence-electron chi connectivity index (χ0n) is 19.2. The number of aromatic nitrogens is 4. The first-order valence-electron chi connectivity index (χ1n) is 11.9. The molecule has 0 N–H and O–H groups in total. The highest BCUT2D eigenvalue weighted by Crippen LogP contribution is 2.32. The van der Waals surface area contributed by atoms with E-state index < -0.39 is 0 Å². The van der Waals surface area contributed by atoms with E-state index in [0.717, 1.165) is 80.6 Å². The maximum atomic E-state index is 12.7. The number of carbonyl (C=O) groups excluding carboxylic acids is 1. The van der Waals surface area contributed by atoms with Crippen LogP contribution in [0.4, 0.5) is 5.82 Å². The Morgan fingerprint density at radius 3 is 2.39 bits per heavy atom. The molecule has 5 rings (SSSR count). The second-order valence-electron chi connectivity index (χ2n) is 8.97. The van der Waals surface area contributed by atoms with Crippen LogP contribution in [0.1, 0.15) is 53.7 Å². The number of fused-ring (bicyclic) bond motifs is 1. The van der Waals surface area contributed by atoms with Crippen LogP contribution < -0.4 is 4.90 Å². The molecule has 0 bridgehead atoms. The van der Waals surface area contributed by atoms with Crippen LogP contribution in [0.2, 0.25) is 0 Å². The molecule has 5 heterocycles. The average molecular weight is 443 g/mol. The van der Waals surface area contributed by atoms with Crippen molar-refractivity contribution in [3.63, 3.8) is 0 Å². The molecule has 1 amide bonds. The number of amides is 1. The van der Waals surface area contributed by atoms with E-state index in [2.05, 4.69) is 27.9 Å². The molecule has 0 radical (unpaired) electrons. The van der Waals surface area contributed by atoms with Crippen LogP contribution in [-0.2, 0) is 24.2 Å². The molecule has 1 saturated heterocycles. The Morgan fingerprint density at radius 2 is 1.70 bits per heavy atom. The van der Waals surface area contributed by atoms with Crippen molar-refractivity contribution >= 4 is 11.7 Å². The molecular formula is C26H30N6O. The van der Waals surface area contributed by atoms with Gasteiger partial charge in [0.15, 0.2) is 0 Å². The van der Waals surface area contributed by atoms with Gasteiger partial charge in [0.05, 0.1) is 18.7 Å². The highest BCUT2D eigenvalue weighted by molar-refractivity contribution is 5.78. The van der Waals surface area contributed by atoms with Crippen LogP contribution in [-0.4, -0.2) is 50.4 Å². The third-order valence-electron chi connectivity index (χ3n) is 6.71. The van der Waals surface area contributed by atoms with E-state index >= 15 is 0 Å². The Balaban J connectivity index is 1.28. The lowest BCUT2D eigenvalue weighted by molar-refractivity contribution is -0.131. The minimum Gasteiger partial charge on any atom is -0.350 e. The van der Waals surface area contributed by atoms with Gasteiger partial charge < -0.3 is 9.80 Å². The fourth-order valence-corrected chi connectivity index (χ4v) is 4.89. The first-order chi connectivity index (χ1) is 16.2. The van der Waals surface area contributed by atoms with Crippen LogP contribution in [0.25, 0.3) is 0 Å². The van der Waals surface area contributed by atoms with Gasteiger partial charge in [-0.2, -0.15) is 0 Å². The summed E-state index contributed by atoms with van der Waals surface area (Å²) in [6, 6.07) is 11.8. The summed E-state index contributed by atoms with van der Waals surface area (Å²) in [5.74, 6) is 2.43. The second kappa shape index (κ2) is 9.65. The normalized spacial score (nSPS) is 16.5. The number of hydrogen-bond donors (Lipinski definition) is 0. The SMILES string of the molecule is Cc1nc(C2CCN(C(=O)Cc3ccccn3)CC2)nc2c1CCCN2Cc1ccccn1. The molecule has 0 atom stereocenters. The zero-order chi connectivity index (χ0) is 22.6. The summed E-state index contributed by atoms with van der Waals surface area (Å²) >= 11 is 0. The molecule has 0 aromatic carbocycles. The summed E-state index contributed by atoms with van der Waals surface area (Å²) in [5.41, 5.74) is 4.24. The van der Waals surface area contributed by atoms with E-state index in [-0.39, 0.29) is 11.8 Å².